The Balaban J connectivity index is 2.25. The first kappa shape index (κ1) is 14.5. The van der Waals surface area contributed by atoms with Crippen LogP contribution in [-0.2, 0) is 9.57 Å². The Labute approximate surface area is 114 Å². The van der Waals surface area contributed by atoms with Crippen molar-refractivity contribution in [2.24, 2.45) is 5.16 Å². The van der Waals surface area contributed by atoms with Gasteiger partial charge in [0.1, 0.15) is 12.3 Å². The van der Waals surface area contributed by atoms with Gasteiger partial charge in [0.05, 0.1) is 6.61 Å². The van der Waals surface area contributed by atoms with Crippen LogP contribution in [0.1, 0.15) is 25.1 Å². The molecule has 0 unspecified atom stereocenters. The van der Waals surface area contributed by atoms with Gasteiger partial charge in [-0.3, -0.25) is 14.3 Å². The van der Waals surface area contributed by atoms with Crippen molar-refractivity contribution < 1.29 is 14.7 Å². The zero-order chi connectivity index (χ0) is 14.7. The molecule has 8 heteroatoms. The SMILES string of the molecule is C/C=N/O[C@H]1C[C@H](n2cc(C)c(=O)[nH]c2=O)O[C@@H]1CO. The fourth-order valence-corrected chi connectivity index (χ4v) is 2.09. The van der Waals surface area contributed by atoms with Crippen LogP contribution in [0.2, 0.25) is 0 Å². The van der Waals surface area contributed by atoms with E-state index >= 15 is 0 Å². The van der Waals surface area contributed by atoms with Gasteiger partial charge in [0.2, 0.25) is 0 Å². The average Bonchev–Trinajstić information content (AvgIpc) is 2.83. The van der Waals surface area contributed by atoms with Crippen LogP contribution in [0.5, 0.6) is 0 Å². The summed E-state index contributed by atoms with van der Waals surface area (Å²) in [5, 5.41) is 12.9. The molecule has 20 heavy (non-hydrogen) atoms. The van der Waals surface area contributed by atoms with Gasteiger partial charge >= 0.3 is 5.69 Å². The summed E-state index contributed by atoms with van der Waals surface area (Å²) >= 11 is 0. The molecular weight excluding hydrogens is 266 g/mol. The molecule has 8 nitrogen and oxygen atoms in total. The van der Waals surface area contributed by atoms with Gasteiger partial charge in [-0.05, 0) is 13.8 Å². The van der Waals surface area contributed by atoms with Crippen LogP contribution in [0.3, 0.4) is 0 Å². The molecule has 110 valence electrons. The second-order valence-electron chi connectivity index (χ2n) is 4.53. The number of aryl methyl sites for hydroxylation is 1. The molecule has 2 rings (SSSR count). The maximum absolute atomic E-state index is 11.8. The predicted molar refractivity (Wildman–Crippen MR) is 70.7 cm³/mol. The van der Waals surface area contributed by atoms with Gasteiger partial charge < -0.3 is 14.7 Å². The van der Waals surface area contributed by atoms with E-state index < -0.39 is 29.7 Å². The molecule has 0 aromatic carbocycles. The van der Waals surface area contributed by atoms with E-state index in [1.165, 1.54) is 17.0 Å². The van der Waals surface area contributed by atoms with Crippen LogP contribution in [0.25, 0.3) is 0 Å². The molecule has 1 fully saturated rings. The van der Waals surface area contributed by atoms with Crippen molar-refractivity contribution in [2.75, 3.05) is 6.61 Å². The molecule has 1 aliphatic heterocycles. The highest BCUT2D eigenvalue weighted by Crippen LogP contribution is 2.29. The molecular formula is C12H17N3O5. The molecule has 1 aromatic heterocycles. The lowest BCUT2D eigenvalue weighted by Crippen LogP contribution is -2.33. The topological polar surface area (TPSA) is 106 Å². The number of nitrogens with one attached hydrogen (secondary N) is 1. The third-order valence-corrected chi connectivity index (χ3v) is 3.12. The first-order chi connectivity index (χ1) is 9.56. The van der Waals surface area contributed by atoms with Crippen molar-refractivity contribution in [3.63, 3.8) is 0 Å². The van der Waals surface area contributed by atoms with Crippen LogP contribution in [0.15, 0.2) is 20.9 Å². The monoisotopic (exact) mass is 283 g/mol. The average molecular weight is 283 g/mol. The minimum atomic E-state index is -0.604. The van der Waals surface area contributed by atoms with Crippen molar-refractivity contribution in [1.82, 2.24) is 9.55 Å². The number of aromatic nitrogens is 2. The highest BCUT2D eigenvalue weighted by molar-refractivity contribution is 5.52. The van der Waals surface area contributed by atoms with E-state index in [-0.39, 0.29) is 6.61 Å². The smallest absolute Gasteiger partial charge is 0.330 e. The van der Waals surface area contributed by atoms with Gasteiger partial charge in [-0.2, -0.15) is 0 Å². The molecule has 2 N–H and O–H groups in total. The van der Waals surface area contributed by atoms with E-state index in [0.717, 1.165) is 0 Å². The Kier molecular flexibility index (Phi) is 4.35. The molecule has 1 saturated heterocycles. The molecule has 1 aromatic rings. The standard InChI is InChI=1S/C12H17N3O5/c1-3-13-20-8-4-10(19-9(8)6-16)15-5-7(2)11(17)14-12(15)18/h3,5,8-10,16H,4,6H2,1-2H3,(H,14,17,18)/b13-3+/t8-,9+,10+/m0/s1. The normalized spacial score (nSPS) is 26.2. The highest BCUT2D eigenvalue weighted by Gasteiger charge is 2.38. The Hall–Kier alpha value is -1.93. The molecule has 0 spiro atoms. The summed E-state index contributed by atoms with van der Waals surface area (Å²) in [7, 11) is 0. The van der Waals surface area contributed by atoms with E-state index in [1.807, 2.05) is 0 Å². The number of aliphatic hydroxyl groups excluding tert-OH is 1. The second-order valence-corrected chi connectivity index (χ2v) is 4.53. The number of nitrogens with zero attached hydrogens (tertiary/aromatic N) is 2. The van der Waals surface area contributed by atoms with E-state index in [0.29, 0.717) is 12.0 Å². The van der Waals surface area contributed by atoms with Gasteiger partial charge in [-0.15, -0.1) is 0 Å². The minimum absolute atomic E-state index is 0.239. The van der Waals surface area contributed by atoms with Gasteiger partial charge in [0.15, 0.2) is 6.10 Å². The summed E-state index contributed by atoms with van der Waals surface area (Å²) in [6, 6.07) is 0. The summed E-state index contributed by atoms with van der Waals surface area (Å²) in [6.45, 7) is 3.07. The lowest BCUT2D eigenvalue weighted by atomic mass is 10.2. The van der Waals surface area contributed by atoms with Gasteiger partial charge in [0.25, 0.3) is 5.56 Å². The third kappa shape index (κ3) is 2.81. The van der Waals surface area contributed by atoms with Crippen molar-refractivity contribution in [2.45, 2.75) is 38.7 Å². The summed E-state index contributed by atoms with van der Waals surface area (Å²) in [6.07, 6.45) is 1.66. The number of hydrogen-bond donors (Lipinski definition) is 2. The summed E-state index contributed by atoms with van der Waals surface area (Å²) in [4.78, 5) is 30.5. The first-order valence-corrected chi connectivity index (χ1v) is 6.29. The summed E-state index contributed by atoms with van der Waals surface area (Å²) in [5.41, 5.74) is -0.571. The van der Waals surface area contributed by atoms with Gasteiger partial charge in [-0.1, -0.05) is 5.16 Å². The molecule has 0 saturated carbocycles. The fraction of sp³-hybridized carbons (Fsp3) is 0.583. The number of aliphatic hydroxyl groups is 1. The maximum atomic E-state index is 11.8. The Morgan fingerprint density at radius 1 is 1.65 bits per heavy atom. The number of hydrogen-bond acceptors (Lipinski definition) is 6. The molecule has 1 aliphatic rings. The Bertz CT molecular complexity index is 606. The zero-order valence-corrected chi connectivity index (χ0v) is 11.3. The number of rotatable bonds is 4. The third-order valence-electron chi connectivity index (χ3n) is 3.12. The lowest BCUT2D eigenvalue weighted by molar-refractivity contribution is -0.0614. The fourth-order valence-electron chi connectivity index (χ4n) is 2.09. The quantitative estimate of drug-likeness (QED) is 0.573. The van der Waals surface area contributed by atoms with Crippen molar-refractivity contribution in [3.05, 3.63) is 32.6 Å². The van der Waals surface area contributed by atoms with Gasteiger partial charge in [-0.25, -0.2) is 4.79 Å². The van der Waals surface area contributed by atoms with Crippen LogP contribution >= 0.6 is 0 Å². The molecule has 2 heterocycles. The number of H-pyrrole nitrogens is 1. The van der Waals surface area contributed by atoms with E-state index in [1.54, 1.807) is 13.8 Å². The summed E-state index contributed by atoms with van der Waals surface area (Å²) in [5.74, 6) is 0. The van der Waals surface area contributed by atoms with E-state index in [9.17, 15) is 14.7 Å². The molecule has 0 aliphatic carbocycles. The molecule has 0 bridgehead atoms. The van der Waals surface area contributed by atoms with Gasteiger partial charge in [0, 0.05) is 24.4 Å². The first-order valence-electron chi connectivity index (χ1n) is 6.29. The van der Waals surface area contributed by atoms with Crippen LogP contribution < -0.4 is 11.2 Å². The molecule has 3 atom stereocenters. The number of aromatic amines is 1. The zero-order valence-electron chi connectivity index (χ0n) is 11.3. The predicted octanol–water partition coefficient (Wildman–Crippen LogP) is -0.484. The van der Waals surface area contributed by atoms with Crippen molar-refractivity contribution >= 4 is 6.21 Å². The molecule has 0 amide bonds. The Morgan fingerprint density at radius 3 is 3.05 bits per heavy atom. The van der Waals surface area contributed by atoms with Crippen LogP contribution in [0.4, 0.5) is 0 Å². The van der Waals surface area contributed by atoms with Crippen LogP contribution in [-0.4, -0.2) is 39.7 Å². The minimum Gasteiger partial charge on any atom is -0.394 e. The maximum Gasteiger partial charge on any atom is 0.330 e. The second kappa shape index (κ2) is 6.02. The van der Waals surface area contributed by atoms with Crippen molar-refractivity contribution in [3.8, 4) is 0 Å². The number of oxime groups is 1. The number of ether oxygens (including phenoxy) is 1. The largest absolute Gasteiger partial charge is 0.394 e. The van der Waals surface area contributed by atoms with Crippen molar-refractivity contribution in [1.29, 1.82) is 0 Å². The summed E-state index contributed by atoms with van der Waals surface area (Å²) < 4.78 is 6.86. The Morgan fingerprint density at radius 2 is 2.40 bits per heavy atom. The van der Waals surface area contributed by atoms with E-state index in [2.05, 4.69) is 10.1 Å². The molecule has 0 radical (unpaired) electrons. The highest BCUT2D eigenvalue weighted by atomic mass is 16.7. The van der Waals surface area contributed by atoms with E-state index in [4.69, 9.17) is 9.57 Å². The lowest BCUT2D eigenvalue weighted by Gasteiger charge is -2.14. The van der Waals surface area contributed by atoms with Crippen LogP contribution in [0, 0.1) is 6.92 Å².